The number of carbonyl (C=O) groups is 1. The van der Waals surface area contributed by atoms with Gasteiger partial charge in [-0.3, -0.25) is 4.79 Å². The Bertz CT molecular complexity index is 924. The fourth-order valence-electron chi connectivity index (χ4n) is 3.15. The van der Waals surface area contributed by atoms with Gasteiger partial charge in [-0.15, -0.1) is 0 Å². The number of phenolic OH excluding ortho intramolecular Hbond substituents is 2. The Hall–Kier alpha value is -3.21. The first-order valence-electron chi connectivity index (χ1n) is 8.71. The number of ether oxygens (including phenoxy) is 2. The van der Waals surface area contributed by atoms with E-state index in [1.807, 2.05) is 12.2 Å². The van der Waals surface area contributed by atoms with Crippen molar-refractivity contribution in [3.8, 4) is 23.0 Å². The van der Waals surface area contributed by atoms with Gasteiger partial charge in [0.05, 0.1) is 14.2 Å². The molecular weight excluding hydrogens is 344 g/mol. The number of aromatic hydroxyl groups is 2. The molecule has 0 aromatic heterocycles. The summed E-state index contributed by atoms with van der Waals surface area (Å²) < 4.78 is 10.3. The zero-order chi connectivity index (χ0) is 19.4. The van der Waals surface area contributed by atoms with Gasteiger partial charge >= 0.3 is 0 Å². The quantitative estimate of drug-likeness (QED) is 0.788. The number of allylic oxidation sites excluding steroid dienone is 2. The summed E-state index contributed by atoms with van der Waals surface area (Å²) in [5.74, 6) is 0.972. The number of ketones is 1. The van der Waals surface area contributed by atoms with E-state index in [4.69, 9.17) is 9.47 Å². The van der Waals surface area contributed by atoms with Crippen LogP contribution in [-0.2, 0) is 4.79 Å². The van der Waals surface area contributed by atoms with E-state index in [1.165, 1.54) is 14.2 Å². The summed E-state index contributed by atoms with van der Waals surface area (Å²) >= 11 is 0. The molecule has 0 saturated heterocycles. The molecule has 1 fully saturated rings. The summed E-state index contributed by atoms with van der Waals surface area (Å²) in [5, 5.41) is 19.5. The summed E-state index contributed by atoms with van der Waals surface area (Å²) in [7, 11) is 2.99. The summed E-state index contributed by atoms with van der Waals surface area (Å²) in [5.41, 5.74) is 3.22. The number of Topliss-reactive ketones (excluding diaryl/α,β-unsaturated/α-hetero) is 1. The van der Waals surface area contributed by atoms with Crippen LogP contribution in [0.3, 0.4) is 0 Å². The van der Waals surface area contributed by atoms with Gasteiger partial charge in [0.2, 0.25) is 0 Å². The molecule has 0 unspecified atom stereocenters. The zero-order valence-corrected chi connectivity index (χ0v) is 15.4. The molecule has 2 aromatic rings. The Morgan fingerprint density at radius 2 is 1.41 bits per heavy atom. The fourth-order valence-corrected chi connectivity index (χ4v) is 3.15. The van der Waals surface area contributed by atoms with Crippen molar-refractivity contribution < 1.29 is 24.5 Å². The van der Waals surface area contributed by atoms with E-state index in [9.17, 15) is 15.0 Å². The number of methoxy groups -OCH3 is 2. The highest BCUT2D eigenvalue weighted by Crippen LogP contribution is 2.34. The summed E-state index contributed by atoms with van der Waals surface area (Å²) in [4.78, 5) is 12.5. The van der Waals surface area contributed by atoms with Crippen molar-refractivity contribution in [2.24, 2.45) is 0 Å². The van der Waals surface area contributed by atoms with Crippen LogP contribution in [0.4, 0.5) is 0 Å². The third-order valence-electron chi connectivity index (χ3n) is 4.56. The first-order chi connectivity index (χ1) is 13.0. The molecule has 0 spiro atoms. The minimum atomic E-state index is 0.0570. The maximum Gasteiger partial charge on any atom is 0.163 e. The predicted molar refractivity (Wildman–Crippen MR) is 104 cm³/mol. The molecule has 2 N–H and O–H groups in total. The molecule has 2 aromatic carbocycles. The molecule has 0 atom stereocenters. The van der Waals surface area contributed by atoms with Crippen LogP contribution in [0.1, 0.15) is 30.4 Å². The van der Waals surface area contributed by atoms with Crippen LogP contribution in [0, 0.1) is 0 Å². The summed E-state index contributed by atoms with van der Waals surface area (Å²) in [6.07, 6.45) is 5.87. The molecule has 0 heterocycles. The molecule has 140 valence electrons. The fraction of sp³-hybridized carbons (Fsp3) is 0.227. The largest absolute Gasteiger partial charge is 0.504 e. The molecule has 3 rings (SSSR count). The van der Waals surface area contributed by atoms with Gasteiger partial charge in [-0.05, 0) is 59.9 Å². The number of benzene rings is 2. The normalized spacial score (nSPS) is 17.3. The zero-order valence-electron chi connectivity index (χ0n) is 15.4. The van der Waals surface area contributed by atoms with Gasteiger partial charge in [0.25, 0.3) is 0 Å². The second kappa shape index (κ2) is 7.99. The van der Waals surface area contributed by atoms with E-state index in [0.29, 0.717) is 23.5 Å². The van der Waals surface area contributed by atoms with E-state index in [0.717, 1.165) is 29.5 Å². The van der Waals surface area contributed by atoms with Crippen LogP contribution in [0.15, 0.2) is 47.5 Å². The lowest BCUT2D eigenvalue weighted by Gasteiger charge is -2.18. The maximum absolute atomic E-state index is 12.5. The topological polar surface area (TPSA) is 76.0 Å². The van der Waals surface area contributed by atoms with E-state index in [1.54, 1.807) is 36.4 Å². The van der Waals surface area contributed by atoms with E-state index in [2.05, 4.69) is 0 Å². The second-order valence-electron chi connectivity index (χ2n) is 6.37. The highest BCUT2D eigenvalue weighted by atomic mass is 16.5. The Kier molecular flexibility index (Phi) is 5.50. The third kappa shape index (κ3) is 4.14. The molecule has 0 radical (unpaired) electrons. The van der Waals surface area contributed by atoms with Gasteiger partial charge in [-0.25, -0.2) is 0 Å². The van der Waals surface area contributed by atoms with Crippen molar-refractivity contribution in [1.82, 2.24) is 0 Å². The van der Waals surface area contributed by atoms with Crippen LogP contribution in [-0.4, -0.2) is 30.2 Å². The maximum atomic E-state index is 12.5. The van der Waals surface area contributed by atoms with E-state index < -0.39 is 0 Å². The van der Waals surface area contributed by atoms with Gasteiger partial charge < -0.3 is 19.7 Å². The summed E-state index contributed by atoms with van der Waals surface area (Å²) in [6, 6.07) is 10.1. The molecule has 1 saturated carbocycles. The molecule has 5 heteroatoms. The third-order valence-corrected chi connectivity index (χ3v) is 4.56. The van der Waals surface area contributed by atoms with Crippen LogP contribution in [0.25, 0.3) is 12.2 Å². The lowest BCUT2D eigenvalue weighted by molar-refractivity contribution is -0.115. The molecular formula is C22H22O5. The summed E-state index contributed by atoms with van der Waals surface area (Å²) in [6.45, 7) is 0. The van der Waals surface area contributed by atoms with E-state index in [-0.39, 0.29) is 17.3 Å². The first kappa shape index (κ1) is 18.6. The highest BCUT2D eigenvalue weighted by Gasteiger charge is 2.20. The monoisotopic (exact) mass is 366 g/mol. The molecule has 0 amide bonds. The van der Waals surface area contributed by atoms with Crippen molar-refractivity contribution in [2.45, 2.75) is 19.3 Å². The van der Waals surface area contributed by atoms with Crippen LogP contribution in [0.5, 0.6) is 23.0 Å². The lowest BCUT2D eigenvalue weighted by atomic mass is 9.86. The van der Waals surface area contributed by atoms with E-state index >= 15 is 0 Å². The minimum absolute atomic E-state index is 0.0570. The number of carbonyl (C=O) groups excluding carboxylic acids is 1. The van der Waals surface area contributed by atoms with Crippen molar-refractivity contribution in [1.29, 1.82) is 0 Å². The first-order valence-corrected chi connectivity index (χ1v) is 8.71. The van der Waals surface area contributed by atoms with Gasteiger partial charge in [-0.1, -0.05) is 18.2 Å². The molecule has 0 aliphatic heterocycles. The lowest BCUT2D eigenvalue weighted by Crippen LogP contribution is -2.11. The van der Waals surface area contributed by atoms with Crippen molar-refractivity contribution >= 4 is 17.9 Å². The average Bonchev–Trinajstić information content (AvgIpc) is 2.67. The Balaban J connectivity index is 2.02. The van der Waals surface area contributed by atoms with Crippen LogP contribution in [0.2, 0.25) is 0 Å². The molecule has 27 heavy (non-hydrogen) atoms. The van der Waals surface area contributed by atoms with Crippen molar-refractivity contribution in [2.75, 3.05) is 14.2 Å². The smallest absolute Gasteiger partial charge is 0.163 e. The van der Waals surface area contributed by atoms with Gasteiger partial charge in [0, 0.05) is 12.0 Å². The van der Waals surface area contributed by atoms with Gasteiger partial charge in [0.15, 0.2) is 28.8 Å². The van der Waals surface area contributed by atoms with Crippen molar-refractivity contribution in [3.63, 3.8) is 0 Å². The standard InChI is InChI=1S/C22H22O5/c1-26-21-12-14(6-8-19(21)24)10-16-4-3-5-18(23)17(16)11-15-7-9-20(25)22(13-15)27-2/h6-13,24-25H,3-5H2,1-2H3. The molecule has 1 aliphatic rings. The van der Waals surface area contributed by atoms with Crippen LogP contribution >= 0.6 is 0 Å². The van der Waals surface area contributed by atoms with Crippen LogP contribution < -0.4 is 9.47 Å². The number of phenols is 2. The average molecular weight is 366 g/mol. The van der Waals surface area contributed by atoms with Crippen molar-refractivity contribution in [3.05, 3.63) is 58.7 Å². The number of rotatable bonds is 4. The number of hydrogen-bond acceptors (Lipinski definition) is 5. The van der Waals surface area contributed by atoms with Gasteiger partial charge in [-0.2, -0.15) is 0 Å². The Labute approximate surface area is 158 Å². The second-order valence-corrected chi connectivity index (χ2v) is 6.37. The Morgan fingerprint density at radius 1 is 0.852 bits per heavy atom. The minimum Gasteiger partial charge on any atom is -0.504 e. The SMILES string of the molecule is COc1cc(C=C2CCCC(=O)C2=Cc2ccc(O)c(OC)c2)ccc1O. The molecule has 5 nitrogen and oxygen atoms in total. The predicted octanol–water partition coefficient (Wildman–Crippen LogP) is 4.34. The molecule has 1 aliphatic carbocycles. The molecule has 0 bridgehead atoms. The highest BCUT2D eigenvalue weighted by molar-refractivity contribution is 6.05. The number of hydrogen-bond donors (Lipinski definition) is 2. The van der Waals surface area contributed by atoms with Gasteiger partial charge in [0.1, 0.15) is 0 Å². The Morgan fingerprint density at radius 3 is 1.96 bits per heavy atom.